The van der Waals surface area contributed by atoms with Gasteiger partial charge in [-0.05, 0) is 13.8 Å². The van der Waals surface area contributed by atoms with Gasteiger partial charge >= 0.3 is 0 Å². The van der Waals surface area contributed by atoms with Crippen molar-refractivity contribution in [3.8, 4) is 0 Å². The zero-order valence-electron chi connectivity index (χ0n) is 5.46. The normalized spacial score (nSPS) is 13.7. The van der Waals surface area contributed by atoms with Gasteiger partial charge in [-0.2, -0.15) is 0 Å². The maximum atomic E-state index is 5.53. The van der Waals surface area contributed by atoms with E-state index in [1.165, 1.54) is 0 Å². The standard InChI is InChI=1S/C5H9N3S/c1-3(6)5-8-7-4(2)9-5/h3H,6H2,1-2H3/t3-/m0/s1. The van der Waals surface area contributed by atoms with Gasteiger partial charge in [0.2, 0.25) is 0 Å². The molecule has 0 aliphatic carbocycles. The zero-order valence-corrected chi connectivity index (χ0v) is 6.27. The molecular formula is C5H9N3S. The fourth-order valence-electron chi connectivity index (χ4n) is 0.496. The van der Waals surface area contributed by atoms with Crippen molar-refractivity contribution in [3.05, 3.63) is 10.0 Å². The molecule has 0 aromatic carbocycles. The Kier molecular flexibility index (Phi) is 1.78. The minimum atomic E-state index is 0.0243. The van der Waals surface area contributed by atoms with E-state index in [4.69, 9.17) is 5.73 Å². The minimum Gasteiger partial charge on any atom is -0.322 e. The van der Waals surface area contributed by atoms with E-state index in [0.717, 1.165) is 10.0 Å². The Bertz CT molecular complexity index is 194. The molecule has 0 amide bonds. The molecule has 9 heavy (non-hydrogen) atoms. The van der Waals surface area contributed by atoms with Crippen molar-refractivity contribution in [3.63, 3.8) is 0 Å². The summed E-state index contributed by atoms with van der Waals surface area (Å²) in [6.45, 7) is 3.82. The third-order valence-corrected chi connectivity index (χ3v) is 1.97. The molecule has 1 rings (SSSR count). The molecule has 4 heteroatoms. The second-order valence-electron chi connectivity index (χ2n) is 1.95. The maximum Gasteiger partial charge on any atom is 0.133 e. The molecule has 3 nitrogen and oxygen atoms in total. The van der Waals surface area contributed by atoms with Crippen molar-refractivity contribution in [2.45, 2.75) is 19.9 Å². The average Bonchev–Trinajstić information content (AvgIpc) is 2.14. The van der Waals surface area contributed by atoms with Crippen molar-refractivity contribution < 1.29 is 0 Å². The summed E-state index contributed by atoms with van der Waals surface area (Å²) in [5.41, 5.74) is 5.53. The van der Waals surface area contributed by atoms with Gasteiger partial charge in [0.05, 0.1) is 6.04 Å². The van der Waals surface area contributed by atoms with Crippen LogP contribution in [0.25, 0.3) is 0 Å². The third-order valence-electron chi connectivity index (χ3n) is 0.931. The van der Waals surface area contributed by atoms with Crippen molar-refractivity contribution in [1.82, 2.24) is 10.2 Å². The van der Waals surface area contributed by atoms with Crippen molar-refractivity contribution in [2.24, 2.45) is 5.73 Å². The number of hydrogen-bond acceptors (Lipinski definition) is 4. The second-order valence-corrected chi connectivity index (χ2v) is 3.16. The van der Waals surface area contributed by atoms with E-state index in [1.54, 1.807) is 11.3 Å². The summed E-state index contributed by atoms with van der Waals surface area (Å²) in [6.07, 6.45) is 0. The van der Waals surface area contributed by atoms with Crippen LogP contribution >= 0.6 is 11.3 Å². The zero-order chi connectivity index (χ0) is 6.85. The summed E-state index contributed by atoms with van der Waals surface area (Å²) in [7, 11) is 0. The Hall–Kier alpha value is -0.480. The number of hydrogen-bond donors (Lipinski definition) is 1. The van der Waals surface area contributed by atoms with E-state index in [9.17, 15) is 0 Å². The summed E-state index contributed by atoms with van der Waals surface area (Å²) >= 11 is 1.55. The van der Waals surface area contributed by atoms with E-state index in [0.29, 0.717) is 0 Å². The number of aryl methyl sites for hydroxylation is 1. The Morgan fingerprint density at radius 3 is 2.44 bits per heavy atom. The molecule has 0 aliphatic heterocycles. The largest absolute Gasteiger partial charge is 0.322 e. The highest BCUT2D eigenvalue weighted by molar-refractivity contribution is 7.11. The van der Waals surface area contributed by atoms with Crippen molar-refractivity contribution >= 4 is 11.3 Å². The molecule has 0 fully saturated rings. The lowest BCUT2D eigenvalue weighted by atomic mass is 10.4. The first-order chi connectivity index (χ1) is 4.20. The molecular weight excluding hydrogens is 134 g/mol. The monoisotopic (exact) mass is 143 g/mol. The third kappa shape index (κ3) is 1.46. The van der Waals surface area contributed by atoms with Crippen LogP contribution in [0, 0.1) is 6.92 Å². The topological polar surface area (TPSA) is 51.8 Å². The Labute approximate surface area is 57.9 Å². The predicted octanol–water partition coefficient (Wildman–Crippen LogP) is 0.866. The first-order valence-corrected chi connectivity index (χ1v) is 3.57. The molecule has 1 aromatic heterocycles. The van der Waals surface area contributed by atoms with Crippen LogP contribution in [-0.4, -0.2) is 10.2 Å². The van der Waals surface area contributed by atoms with Gasteiger partial charge < -0.3 is 5.73 Å². The molecule has 0 bridgehead atoms. The lowest BCUT2D eigenvalue weighted by Gasteiger charge is -1.93. The summed E-state index contributed by atoms with van der Waals surface area (Å²) in [5.74, 6) is 0. The van der Waals surface area contributed by atoms with E-state index >= 15 is 0 Å². The number of nitrogens with two attached hydrogens (primary N) is 1. The fraction of sp³-hybridized carbons (Fsp3) is 0.600. The van der Waals surface area contributed by atoms with Crippen LogP contribution in [0.5, 0.6) is 0 Å². The van der Waals surface area contributed by atoms with Gasteiger partial charge in [0.15, 0.2) is 0 Å². The summed E-state index contributed by atoms with van der Waals surface area (Å²) in [5, 5.41) is 9.57. The SMILES string of the molecule is Cc1nnc([C@H](C)N)s1. The first-order valence-electron chi connectivity index (χ1n) is 2.75. The minimum absolute atomic E-state index is 0.0243. The fourth-order valence-corrected chi connectivity index (χ4v) is 1.15. The van der Waals surface area contributed by atoms with E-state index in [-0.39, 0.29) is 6.04 Å². The van der Waals surface area contributed by atoms with E-state index < -0.39 is 0 Å². The van der Waals surface area contributed by atoms with Crippen LogP contribution in [0.15, 0.2) is 0 Å². The highest BCUT2D eigenvalue weighted by Crippen LogP contribution is 2.13. The highest BCUT2D eigenvalue weighted by atomic mass is 32.1. The van der Waals surface area contributed by atoms with Crippen molar-refractivity contribution in [1.29, 1.82) is 0 Å². The molecule has 1 heterocycles. The number of nitrogens with zero attached hydrogens (tertiary/aromatic N) is 2. The van der Waals surface area contributed by atoms with E-state index in [1.807, 2.05) is 13.8 Å². The number of rotatable bonds is 1. The van der Waals surface area contributed by atoms with Gasteiger partial charge in [-0.25, -0.2) is 0 Å². The molecule has 0 saturated carbocycles. The predicted molar refractivity (Wildman–Crippen MR) is 37.2 cm³/mol. The summed E-state index contributed by atoms with van der Waals surface area (Å²) in [6, 6.07) is 0.0243. The van der Waals surface area contributed by atoms with Crippen molar-refractivity contribution in [2.75, 3.05) is 0 Å². The van der Waals surface area contributed by atoms with Gasteiger partial charge in [-0.1, -0.05) is 0 Å². The molecule has 2 N–H and O–H groups in total. The van der Waals surface area contributed by atoms with E-state index in [2.05, 4.69) is 10.2 Å². The summed E-state index contributed by atoms with van der Waals surface area (Å²) < 4.78 is 0. The smallest absolute Gasteiger partial charge is 0.133 e. The van der Waals surface area contributed by atoms with Crippen LogP contribution < -0.4 is 5.73 Å². The van der Waals surface area contributed by atoms with Gasteiger partial charge in [0, 0.05) is 0 Å². The number of aromatic nitrogens is 2. The van der Waals surface area contributed by atoms with Gasteiger partial charge in [-0.15, -0.1) is 21.5 Å². The van der Waals surface area contributed by atoms with Crippen LogP contribution in [-0.2, 0) is 0 Å². The van der Waals surface area contributed by atoms with Crippen LogP contribution in [0.4, 0.5) is 0 Å². The lowest BCUT2D eigenvalue weighted by Crippen LogP contribution is -2.03. The Morgan fingerprint density at radius 1 is 1.56 bits per heavy atom. The Balaban J connectivity index is 2.85. The Morgan fingerprint density at radius 2 is 2.22 bits per heavy atom. The van der Waals surface area contributed by atoms with Crippen LogP contribution in [0.3, 0.4) is 0 Å². The van der Waals surface area contributed by atoms with Crippen LogP contribution in [0.1, 0.15) is 23.0 Å². The first kappa shape index (κ1) is 6.64. The maximum absolute atomic E-state index is 5.53. The molecule has 0 spiro atoms. The van der Waals surface area contributed by atoms with Gasteiger partial charge in [0.25, 0.3) is 0 Å². The molecule has 0 radical (unpaired) electrons. The average molecular weight is 143 g/mol. The molecule has 1 atom stereocenters. The second kappa shape index (κ2) is 2.41. The quantitative estimate of drug-likeness (QED) is 0.634. The molecule has 0 aliphatic rings. The molecule has 1 aromatic rings. The summed E-state index contributed by atoms with van der Waals surface area (Å²) in [4.78, 5) is 0. The molecule has 50 valence electrons. The lowest BCUT2D eigenvalue weighted by molar-refractivity contribution is 0.784. The highest BCUT2D eigenvalue weighted by Gasteiger charge is 2.03. The van der Waals surface area contributed by atoms with Crippen LogP contribution in [0.2, 0.25) is 0 Å². The van der Waals surface area contributed by atoms with Gasteiger partial charge in [0.1, 0.15) is 10.0 Å². The molecule has 0 saturated heterocycles. The van der Waals surface area contributed by atoms with Gasteiger partial charge in [-0.3, -0.25) is 0 Å². The molecule has 0 unspecified atom stereocenters.